The summed E-state index contributed by atoms with van der Waals surface area (Å²) in [5, 5.41) is 21.0. The molecule has 0 spiro atoms. The topological polar surface area (TPSA) is 57.5 Å². The van der Waals surface area contributed by atoms with Gasteiger partial charge in [-0.1, -0.05) is 13.8 Å². The summed E-state index contributed by atoms with van der Waals surface area (Å²) in [6, 6.07) is 0. The van der Waals surface area contributed by atoms with Crippen molar-refractivity contribution in [2.24, 2.45) is 34.5 Å². The molecule has 4 aliphatic carbocycles. The molecule has 0 radical (unpaired) electrons. The first-order valence-corrected chi connectivity index (χ1v) is 9.25. The third-order valence-corrected chi connectivity index (χ3v) is 8.28. The van der Waals surface area contributed by atoms with Crippen LogP contribution in [-0.4, -0.2) is 28.2 Å². The number of fused-ring (bicyclic) bond motifs is 5. The zero-order chi connectivity index (χ0) is 15.7. The molecule has 0 aromatic rings. The summed E-state index contributed by atoms with van der Waals surface area (Å²) in [6.45, 7) is 4.48. The molecule has 0 unspecified atom stereocenters. The Bertz CT molecular complexity index is 489. The van der Waals surface area contributed by atoms with E-state index in [1.807, 2.05) is 0 Å². The lowest BCUT2D eigenvalue weighted by molar-refractivity contribution is -0.175. The van der Waals surface area contributed by atoms with Gasteiger partial charge in [-0.2, -0.15) is 0 Å². The zero-order valence-corrected chi connectivity index (χ0v) is 13.9. The Morgan fingerprint density at radius 3 is 2.64 bits per heavy atom. The van der Waals surface area contributed by atoms with Gasteiger partial charge in [-0.05, 0) is 74.0 Å². The minimum atomic E-state index is -0.337. The predicted molar refractivity (Wildman–Crippen MR) is 84.1 cm³/mol. The lowest BCUT2D eigenvalue weighted by Crippen LogP contribution is -2.59. The van der Waals surface area contributed by atoms with Crippen molar-refractivity contribution < 1.29 is 15.0 Å². The van der Waals surface area contributed by atoms with Crippen LogP contribution >= 0.6 is 0 Å². The summed E-state index contributed by atoms with van der Waals surface area (Å²) < 4.78 is 0. The molecule has 8 atom stereocenters. The number of carbonyl (C=O) groups is 1. The average molecular weight is 306 g/mol. The molecule has 124 valence electrons. The minimum Gasteiger partial charge on any atom is -0.393 e. The Morgan fingerprint density at radius 2 is 1.86 bits per heavy atom. The maximum absolute atomic E-state index is 12.4. The van der Waals surface area contributed by atoms with E-state index >= 15 is 0 Å². The van der Waals surface area contributed by atoms with Gasteiger partial charge in [0.1, 0.15) is 5.78 Å². The number of Topliss-reactive ketones (excluding diaryl/α,β-unsaturated/α-hetero) is 1. The lowest BCUT2D eigenvalue weighted by atomic mass is 9.44. The first kappa shape index (κ1) is 15.1. The van der Waals surface area contributed by atoms with Gasteiger partial charge in [0.2, 0.25) is 0 Å². The van der Waals surface area contributed by atoms with Crippen molar-refractivity contribution in [2.45, 2.75) is 77.4 Å². The fraction of sp³-hybridized carbons (Fsp3) is 0.947. The Labute approximate surface area is 133 Å². The molecule has 3 nitrogen and oxygen atoms in total. The normalized spacial score (nSPS) is 57.9. The smallest absolute Gasteiger partial charge is 0.139 e. The molecule has 2 N–H and O–H groups in total. The molecule has 4 aliphatic rings. The van der Waals surface area contributed by atoms with Gasteiger partial charge in [-0.15, -0.1) is 0 Å². The van der Waals surface area contributed by atoms with Crippen LogP contribution in [0.2, 0.25) is 0 Å². The highest BCUT2D eigenvalue weighted by atomic mass is 16.3. The van der Waals surface area contributed by atoms with Crippen molar-refractivity contribution in [3.8, 4) is 0 Å². The summed E-state index contributed by atoms with van der Waals surface area (Å²) in [7, 11) is 0. The molecule has 0 bridgehead atoms. The van der Waals surface area contributed by atoms with Crippen molar-refractivity contribution in [1.82, 2.24) is 0 Å². The second kappa shape index (κ2) is 4.80. The molecule has 3 heteroatoms. The Morgan fingerprint density at radius 1 is 1.09 bits per heavy atom. The van der Waals surface area contributed by atoms with Gasteiger partial charge < -0.3 is 10.2 Å². The van der Waals surface area contributed by atoms with E-state index < -0.39 is 0 Å². The molecule has 0 aromatic heterocycles. The van der Waals surface area contributed by atoms with Crippen LogP contribution < -0.4 is 0 Å². The molecule has 0 amide bonds. The van der Waals surface area contributed by atoms with E-state index in [0.717, 1.165) is 38.5 Å². The Kier molecular flexibility index (Phi) is 3.30. The molecule has 4 fully saturated rings. The zero-order valence-electron chi connectivity index (χ0n) is 13.9. The van der Waals surface area contributed by atoms with Crippen LogP contribution in [-0.2, 0) is 4.79 Å². The van der Waals surface area contributed by atoms with Gasteiger partial charge in [0, 0.05) is 11.8 Å². The minimum absolute atomic E-state index is 0.145. The quantitative estimate of drug-likeness (QED) is 0.723. The first-order valence-electron chi connectivity index (χ1n) is 9.25. The predicted octanol–water partition coefficient (Wildman–Crippen LogP) is 2.93. The van der Waals surface area contributed by atoms with Crippen LogP contribution in [0.4, 0.5) is 0 Å². The molecular weight excluding hydrogens is 276 g/mol. The molecule has 0 aromatic carbocycles. The van der Waals surface area contributed by atoms with Crippen LogP contribution in [0, 0.1) is 34.5 Å². The standard InChI is InChI=1S/C19H30O3/c1-18-8-7-12(20)9-11(18)3-4-13-14-5-6-16(22)19(14,2)10-15(21)17(13)18/h11-15,17,20-21H,3-10H2,1-2H3/t11-,12-,13+,14+,15+,17-,18+,19+/m1/s1. The number of ketones is 1. The van der Waals surface area contributed by atoms with Gasteiger partial charge in [0.25, 0.3) is 0 Å². The molecular formula is C19H30O3. The van der Waals surface area contributed by atoms with Crippen molar-refractivity contribution in [1.29, 1.82) is 0 Å². The highest BCUT2D eigenvalue weighted by Crippen LogP contribution is 2.65. The van der Waals surface area contributed by atoms with Gasteiger partial charge in [-0.25, -0.2) is 0 Å². The molecule has 4 saturated carbocycles. The van der Waals surface area contributed by atoms with Crippen LogP contribution in [0.5, 0.6) is 0 Å². The number of carbonyl (C=O) groups excluding carboxylic acids is 1. The molecule has 0 heterocycles. The maximum Gasteiger partial charge on any atom is 0.139 e. The van der Waals surface area contributed by atoms with E-state index in [9.17, 15) is 15.0 Å². The highest BCUT2D eigenvalue weighted by molar-refractivity contribution is 5.87. The van der Waals surface area contributed by atoms with Crippen LogP contribution in [0.1, 0.15) is 65.2 Å². The molecule has 4 rings (SSSR count). The van der Waals surface area contributed by atoms with E-state index in [1.165, 1.54) is 6.42 Å². The van der Waals surface area contributed by atoms with Crippen LogP contribution in [0.3, 0.4) is 0 Å². The van der Waals surface area contributed by atoms with E-state index in [-0.39, 0.29) is 23.0 Å². The summed E-state index contributed by atoms with van der Waals surface area (Å²) in [5.74, 6) is 2.27. The summed E-state index contributed by atoms with van der Waals surface area (Å²) in [4.78, 5) is 12.4. The Hall–Kier alpha value is -0.410. The van der Waals surface area contributed by atoms with Crippen molar-refractivity contribution >= 4 is 5.78 Å². The largest absolute Gasteiger partial charge is 0.393 e. The first-order chi connectivity index (χ1) is 10.4. The number of hydrogen-bond donors (Lipinski definition) is 2. The van der Waals surface area contributed by atoms with E-state index in [4.69, 9.17) is 0 Å². The van der Waals surface area contributed by atoms with E-state index in [0.29, 0.717) is 35.9 Å². The van der Waals surface area contributed by atoms with Gasteiger partial charge in [-0.3, -0.25) is 4.79 Å². The number of aliphatic hydroxyl groups is 2. The van der Waals surface area contributed by atoms with Gasteiger partial charge in [0.05, 0.1) is 12.2 Å². The summed E-state index contributed by atoms with van der Waals surface area (Å²) in [6.07, 6.45) is 7.08. The second-order valence-corrected chi connectivity index (χ2v) is 9.16. The van der Waals surface area contributed by atoms with Crippen LogP contribution in [0.25, 0.3) is 0 Å². The number of hydrogen-bond acceptors (Lipinski definition) is 3. The lowest BCUT2D eigenvalue weighted by Gasteiger charge is -2.61. The summed E-state index contributed by atoms with van der Waals surface area (Å²) in [5.41, 5.74) is -0.105. The summed E-state index contributed by atoms with van der Waals surface area (Å²) >= 11 is 0. The Balaban J connectivity index is 1.69. The third kappa shape index (κ3) is 1.84. The molecule has 0 saturated heterocycles. The fourth-order valence-electron chi connectivity index (χ4n) is 7.13. The van der Waals surface area contributed by atoms with Gasteiger partial charge >= 0.3 is 0 Å². The maximum atomic E-state index is 12.4. The van der Waals surface area contributed by atoms with Crippen molar-refractivity contribution in [2.75, 3.05) is 0 Å². The van der Waals surface area contributed by atoms with Crippen molar-refractivity contribution in [3.05, 3.63) is 0 Å². The van der Waals surface area contributed by atoms with E-state index in [2.05, 4.69) is 13.8 Å². The molecule has 0 aliphatic heterocycles. The van der Waals surface area contributed by atoms with Crippen molar-refractivity contribution in [3.63, 3.8) is 0 Å². The third-order valence-electron chi connectivity index (χ3n) is 8.28. The second-order valence-electron chi connectivity index (χ2n) is 9.16. The number of rotatable bonds is 0. The van der Waals surface area contributed by atoms with E-state index in [1.54, 1.807) is 0 Å². The fourth-order valence-corrected chi connectivity index (χ4v) is 7.13. The number of aliphatic hydroxyl groups excluding tert-OH is 2. The monoisotopic (exact) mass is 306 g/mol. The highest BCUT2D eigenvalue weighted by Gasteiger charge is 2.63. The van der Waals surface area contributed by atoms with Crippen LogP contribution in [0.15, 0.2) is 0 Å². The SMILES string of the molecule is C[C@]12CC[C@@H](O)C[C@H]1CC[C@@H]1[C@@H]2[C@@H](O)C[C@]2(C)C(=O)CC[C@@H]12. The average Bonchev–Trinajstić information content (AvgIpc) is 2.75. The van der Waals surface area contributed by atoms with Gasteiger partial charge in [0.15, 0.2) is 0 Å². The molecule has 22 heavy (non-hydrogen) atoms.